The zero-order chi connectivity index (χ0) is 17.8. The Labute approximate surface area is 154 Å². The lowest BCUT2D eigenvalue weighted by molar-refractivity contribution is 1.21. The maximum absolute atomic E-state index is 4.08. The molecule has 0 aliphatic rings. The summed E-state index contributed by atoms with van der Waals surface area (Å²) in [4.78, 5) is 6.28. The van der Waals surface area contributed by atoms with Gasteiger partial charge in [0, 0.05) is 30.8 Å². The van der Waals surface area contributed by atoms with E-state index in [0.29, 0.717) is 0 Å². The van der Waals surface area contributed by atoms with Crippen molar-refractivity contribution in [2.24, 2.45) is 0 Å². The lowest BCUT2D eigenvalue weighted by Crippen LogP contribution is -2.08. The Morgan fingerprint density at radius 2 is 0.923 bits per heavy atom. The molecule has 0 saturated carbocycles. The van der Waals surface area contributed by atoms with Crippen LogP contribution in [0.15, 0.2) is 103 Å². The molecule has 0 N–H and O–H groups in total. The van der Waals surface area contributed by atoms with Crippen molar-refractivity contribution in [1.29, 1.82) is 0 Å². The van der Waals surface area contributed by atoms with E-state index in [0.717, 1.165) is 5.69 Å². The van der Waals surface area contributed by atoms with Crippen LogP contribution in [0.3, 0.4) is 0 Å². The molecular formula is C24H20N2. The number of nitrogens with zero attached hydrogens (tertiary/aromatic N) is 2. The van der Waals surface area contributed by atoms with Crippen molar-refractivity contribution in [2.45, 2.75) is 0 Å². The molecule has 0 aliphatic carbocycles. The van der Waals surface area contributed by atoms with E-state index in [9.17, 15) is 0 Å². The molecule has 4 aromatic rings. The fourth-order valence-electron chi connectivity index (χ4n) is 3.08. The summed E-state index contributed by atoms with van der Waals surface area (Å²) in [7, 11) is 2.10. The zero-order valence-electron chi connectivity index (χ0n) is 14.7. The van der Waals surface area contributed by atoms with Gasteiger partial charge >= 0.3 is 0 Å². The van der Waals surface area contributed by atoms with E-state index in [1.807, 2.05) is 30.6 Å². The lowest BCUT2D eigenvalue weighted by Gasteiger charge is -2.20. The molecule has 0 amide bonds. The highest BCUT2D eigenvalue weighted by atomic mass is 15.1. The van der Waals surface area contributed by atoms with Crippen molar-refractivity contribution < 1.29 is 0 Å². The monoisotopic (exact) mass is 336 g/mol. The van der Waals surface area contributed by atoms with Crippen LogP contribution in [0, 0.1) is 0 Å². The average Bonchev–Trinajstić information content (AvgIpc) is 2.75. The van der Waals surface area contributed by atoms with Gasteiger partial charge in [-0.2, -0.15) is 0 Å². The van der Waals surface area contributed by atoms with Gasteiger partial charge in [-0.1, -0.05) is 54.6 Å². The molecule has 2 nitrogen and oxygen atoms in total. The summed E-state index contributed by atoms with van der Waals surface area (Å²) in [5, 5.41) is 0. The van der Waals surface area contributed by atoms with Crippen LogP contribution in [0.2, 0.25) is 0 Å². The molecule has 0 aliphatic heterocycles. The van der Waals surface area contributed by atoms with Crippen LogP contribution in [0.4, 0.5) is 11.4 Å². The average molecular weight is 336 g/mol. The van der Waals surface area contributed by atoms with Gasteiger partial charge in [-0.25, -0.2) is 0 Å². The van der Waals surface area contributed by atoms with Gasteiger partial charge in [-0.3, -0.25) is 4.98 Å². The second-order valence-electron chi connectivity index (χ2n) is 6.25. The van der Waals surface area contributed by atoms with Gasteiger partial charge < -0.3 is 4.90 Å². The Balaban J connectivity index is 1.55. The fraction of sp³-hybridized carbons (Fsp3) is 0.0417. The molecule has 3 aromatic carbocycles. The van der Waals surface area contributed by atoms with Crippen LogP contribution in [-0.2, 0) is 0 Å². The Bertz CT molecular complexity index is 877. The SMILES string of the molecule is CN(c1ccc(-c2ccccc2)cc1)c1ccc(-c2ccncc2)cc1. The molecular weight excluding hydrogens is 316 g/mol. The third-order valence-electron chi connectivity index (χ3n) is 4.63. The minimum atomic E-state index is 1.16. The number of aromatic nitrogens is 1. The smallest absolute Gasteiger partial charge is 0.0408 e. The van der Waals surface area contributed by atoms with E-state index in [1.54, 1.807) is 0 Å². The van der Waals surface area contributed by atoms with Crippen LogP contribution in [-0.4, -0.2) is 12.0 Å². The molecule has 4 rings (SSSR count). The van der Waals surface area contributed by atoms with Crippen LogP contribution < -0.4 is 4.90 Å². The third kappa shape index (κ3) is 3.35. The van der Waals surface area contributed by atoms with E-state index in [-0.39, 0.29) is 0 Å². The first-order valence-corrected chi connectivity index (χ1v) is 8.71. The molecule has 0 atom stereocenters. The minimum Gasteiger partial charge on any atom is -0.345 e. The molecule has 0 spiro atoms. The van der Waals surface area contributed by atoms with E-state index in [4.69, 9.17) is 0 Å². The summed E-state index contributed by atoms with van der Waals surface area (Å²) in [6.45, 7) is 0. The van der Waals surface area contributed by atoms with Gasteiger partial charge in [-0.05, 0) is 58.7 Å². The Kier molecular flexibility index (Phi) is 4.48. The van der Waals surface area contributed by atoms with Gasteiger partial charge in [-0.15, -0.1) is 0 Å². The molecule has 0 unspecified atom stereocenters. The normalized spacial score (nSPS) is 10.5. The summed E-state index contributed by atoms with van der Waals surface area (Å²) in [5.74, 6) is 0. The highest BCUT2D eigenvalue weighted by Gasteiger charge is 2.05. The standard InChI is InChI=1S/C24H20N2/c1-26(23-11-7-20(8-12-23)19-5-3-2-4-6-19)24-13-9-21(10-14-24)22-15-17-25-18-16-22/h2-18H,1H3. The summed E-state index contributed by atoms with van der Waals surface area (Å²) in [6, 6.07) is 31.8. The van der Waals surface area contributed by atoms with E-state index < -0.39 is 0 Å². The number of anilines is 2. The van der Waals surface area contributed by atoms with Crippen LogP contribution in [0.1, 0.15) is 0 Å². The van der Waals surface area contributed by atoms with Gasteiger partial charge in [0.25, 0.3) is 0 Å². The predicted octanol–water partition coefficient (Wildman–Crippen LogP) is 6.18. The van der Waals surface area contributed by atoms with Crippen LogP contribution in [0.25, 0.3) is 22.3 Å². The fourth-order valence-corrected chi connectivity index (χ4v) is 3.08. The highest BCUT2D eigenvalue weighted by Crippen LogP contribution is 2.28. The van der Waals surface area contributed by atoms with Crippen molar-refractivity contribution in [3.63, 3.8) is 0 Å². The molecule has 1 aromatic heterocycles. The van der Waals surface area contributed by atoms with E-state index in [1.165, 1.54) is 27.9 Å². The largest absolute Gasteiger partial charge is 0.345 e. The Morgan fingerprint density at radius 3 is 1.42 bits per heavy atom. The first-order chi connectivity index (χ1) is 12.8. The van der Waals surface area contributed by atoms with Gasteiger partial charge in [0.2, 0.25) is 0 Å². The predicted molar refractivity (Wildman–Crippen MR) is 110 cm³/mol. The van der Waals surface area contributed by atoms with Crippen molar-refractivity contribution in [1.82, 2.24) is 4.98 Å². The van der Waals surface area contributed by atoms with Crippen LogP contribution in [0.5, 0.6) is 0 Å². The number of hydrogen-bond donors (Lipinski definition) is 0. The molecule has 0 saturated heterocycles. The molecule has 1 heterocycles. The van der Waals surface area contributed by atoms with E-state index >= 15 is 0 Å². The Morgan fingerprint density at radius 1 is 0.500 bits per heavy atom. The van der Waals surface area contributed by atoms with Crippen molar-refractivity contribution >= 4 is 11.4 Å². The topological polar surface area (TPSA) is 16.1 Å². The summed E-state index contributed by atoms with van der Waals surface area (Å²) in [6.07, 6.45) is 3.65. The number of hydrogen-bond acceptors (Lipinski definition) is 2. The number of benzene rings is 3. The third-order valence-corrected chi connectivity index (χ3v) is 4.63. The number of pyridine rings is 1. The van der Waals surface area contributed by atoms with Gasteiger partial charge in [0.05, 0.1) is 0 Å². The van der Waals surface area contributed by atoms with E-state index in [2.05, 4.69) is 89.7 Å². The first-order valence-electron chi connectivity index (χ1n) is 8.71. The summed E-state index contributed by atoms with van der Waals surface area (Å²) in [5.41, 5.74) is 7.18. The molecule has 2 heteroatoms. The maximum Gasteiger partial charge on any atom is 0.0408 e. The molecule has 0 bridgehead atoms. The van der Waals surface area contributed by atoms with Gasteiger partial charge in [0.15, 0.2) is 0 Å². The molecule has 126 valence electrons. The summed E-state index contributed by atoms with van der Waals surface area (Å²) < 4.78 is 0. The molecule has 26 heavy (non-hydrogen) atoms. The molecule has 0 fully saturated rings. The zero-order valence-corrected chi connectivity index (χ0v) is 14.7. The summed E-state index contributed by atoms with van der Waals surface area (Å²) >= 11 is 0. The second kappa shape index (κ2) is 7.24. The minimum absolute atomic E-state index is 1.16. The number of rotatable bonds is 4. The van der Waals surface area contributed by atoms with Crippen LogP contribution >= 0.6 is 0 Å². The Hall–Kier alpha value is -3.39. The van der Waals surface area contributed by atoms with Crippen molar-refractivity contribution in [3.05, 3.63) is 103 Å². The first kappa shape index (κ1) is 16.1. The quantitative estimate of drug-likeness (QED) is 0.442. The lowest BCUT2D eigenvalue weighted by atomic mass is 10.0. The van der Waals surface area contributed by atoms with Gasteiger partial charge in [0.1, 0.15) is 0 Å². The van der Waals surface area contributed by atoms with Crippen molar-refractivity contribution in [2.75, 3.05) is 11.9 Å². The maximum atomic E-state index is 4.08. The van der Waals surface area contributed by atoms with Crippen molar-refractivity contribution in [3.8, 4) is 22.3 Å². The second-order valence-corrected chi connectivity index (χ2v) is 6.25. The molecule has 0 radical (unpaired) electrons. The highest BCUT2D eigenvalue weighted by molar-refractivity contribution is 5.71.